The van der Waals surface area contributed by atoms with Gasteiger partial charge in [0.2, 0.25) is 11.9 Å². The Hall–Kier alpha value is -3.86. The number of nitrogens with one attached hydrogen (secondary N) is 1. The largest absolute Gasteiger partial charge is 0.492 e. The lowest BCUT2D eigenvalue weighted by atomic mass is 10.2. The van der Waals surface area contributed by atoms with Crippen LogP contribution in [0.25, 0.3) is 0 Å². The molecule has 1 unspecified atom stereocenters. The molecule has 5 rings (SSSR count). The number of nitrogen functional groups attached to an aromatic ring is 1. The monoisotopic (exact) mass is 468 g/mol. The first-order valence-electron chi connectivity index (χ1n) is 11.1. The number of carbonyl (C=O) groups is 1. The van der Waals surface area contributed by atoms with Crippen molar-refractivity contribution in [3.8, 4) is 17.2 Å². The van der Waals surface area contributed by atoms with Crippen molar-refractivity contribution in [2.45, 2.75) is 12.6 Å². The van der Waals surface area contributed by atoms with Gasteiger partial charge in [0.05, 0.1) is 0 Å². The number of hydrogen-bond donors (Lipinski definition) is 2. The van der Waals surface area contributed by atoms with E-state index in [1.54, 1.807) is 42.5 Å². The maximum atomic E-state index is 13.3. The van der Waals surface area contributed by atoms with E-state index in [9.17, 15) is 9.18 Å². The Morgan fingerprint density at radius 1 is 1.18 bits per heavy atom. The number of nitrogens with two attached hydrogens (primary N) is 1. The van der Waals surface area contributed by atoms with Crippen LogP contribution < -0.4 is 25.3 Å². The Morgan fingerprint density at radius 2 is 1.97 bits per heavy atom. The number of hydrogen-bond acceptors (Lipinski definition) is 9. The number of ether oxygens (including phenoxy) is 3. The lowest BCUT2D eigenvalue weighted by molar-refractivity contribution is 0.0946. The number of aromatic nitrogens is 3. The van der Waals surface area contributed by atoms with Crippen molar-refractivity contribution >= 4 is 23.5 Å². The maximum Gasteiger partial charge on any atom is 0.281 e. The van der Waals surface area contributed by atoms with Crippen LogP contribution in [0.5, 0.6) is 17.2 Å². The van der Waals surface area contributed by atoms with Crippen LogP contribution in [0.1, 0.15) is 16.8 Å². The quantitative estimate of drug-likeness (QED) is 0.539. The molecular formula is C23H25FN6O4. The van der Waals surface area contributed by atoms with E-state index < -0.39 is 12.1 Å². The first kappa shape index (κ1) is 22.0. The number of anilines is 3. The van der Waals surface area contributed by atoms with Crippen LogP contribution in [-0.2, 0) is 0 Å². The van der Waals surface area contributed by atoms with Gasteiger partial charge < -0.3 is 25.3 Å². The molecule has 11 heteroatoms. The Kier molecular flexibility index (Phi) is 6.17. The van der Waals surface area contributed by atoms with E-state index in [0.29, 0.717) is 67.8 Å². The van der Waals surface area contributed by atoms with Gasteiger partial charge in [-0.3, -0.25) is 9.69 Å². The summed E-state index contributed by atoms with van der Waals surface area (Å²) in [6.45, 7) is 3.29. The normalized spacial score (nSPS) is 17.5. The van der Waals surface area contributed by atoms with Gasteiger partial charge in [0.1, 0.15) is 31.7 Å². The number of halogens is 1. The third-order valence-corrected chi connectivity index (χ3v) is 5.61. The fourth-order valence-corrected chi connectivity index (χ4v) is 3.89. The number of fused-ring (bicyclic) bond motifs is 1. The number of nitrogens with zero attached hydrogens (tertiary/aromatic N) is 4. The van der Waals surface area contributed by atoms with Crippen LogP contribution in [0.4, 0.5) is 22.0 Å². The summed E-state index contributed by atoms with van der Waals surface area (Å²) < 4.78 is 31.2. The van der Waals surface area contributed by atoms with Crippen molar-refractivity contribution in [1.29, 1.82) is 0 Å². The van der Waals surface area contributed by atoms with Crippen LogP contribution in [0, 0.1) is 0 Å². The topological polar surface area (TPSA) is 117 Å². The average Bonchev–Trinajstić information content (AvgIpc) is 3.44. The van der Waals surface area contributed by atoms with Gasteiger partial charge >= 0.3 is 0 Å². The van der Waals surface area contributed by atoms with Crippen LogP contribution >= 0.6 is 0 Å². The highest BCUT2D eigenvalue weighted by molar-refractivity contribution is 5.97. The van der Waals surface area contributed by atoms with Crippen molar-refractivity contribution in [2.75, 3.05) is 50.5 Å². The molecule has 1 atom stereocenters. The maximum absolute atomic E-state index is 13.3. The zero-order chi connectivity index (χ0) is 23.5. The summed E-state index contributed by atoms with van der Waals surface area (Å²) in [5.74, 6) is 1.51. The van der Waals surface area contributed by atoms with Crippen molar-refractivity contribution < 1.29 is 23.4 Å². The average molecular weight is 468 g/mol. The summed E-state index contributed by atoms with van der Waals surface area (Å²) in [5.41, 5.74) is 6.81. The van der Waals surface area contributed by atoms with Crippen molar-refractivity contribution in [3.63, 3.8) is 0 Å². The minimum Gasteiger partial charge on any atom is -0.492 e. The molecule has 0 amide bonds. The molecular weight excluding hydrogens is 443 g/mol. The molecule has 2 aromatic carbocycles. The lowest BCUT2D eigenvalue weighted by Gasteiger charge is -2.18. The van der Waals surface area contributed by atoms with Gasteiger partial charge in [-0.2, -0.15) is 9.67 Å². The summed E-state index contributed by atoms with van der Waals surface area (Å²) in [6, 6.07) is 12.1. The highest BCUT2D eigenvalue weighted by Crippen LogP contribution is 2.31. The van der Waals surface area contributed by atoms with Crippen LogP contribution in [0.2, 0.25) is 0 Å². The summed E-state index contributed by atoms with van der Waals surface area (Å²) in [6.07, 6.45) is -0.143. The van der Waals surface area contributed by atoms with Gasteiger partial charge in [-0.15, -0.1) is 5.10 Å². The van der Waals surface area contributed by atoms with Crippen LogP contribution in [-0.4, -0.2) is 71.2 Å². The smallest absolute Gasteiger partial charge is 0.281 e. The van der Waals surface area contributed by atoms with Crippen molar-refractivity contribution in [1.82, 2.24) is 19.7 Å². The molecule has 0 saturated carbocycles. The predicted octanol–water partition coefficient (Wildman–Crippen LogP) is 2.49. The molecule has 3 aromatic rings. The fourth-order valence-electron chi connectivity index (χ4n) is 3.89. The van der Waals surface area contributed by atoms with Gasteiger partial charge in [0.25, 0.3) is 5.91 Å². The Labute approximate surface area is 195 Å². The van der Waals surface area contributed by atoms with Crippen LogP contribution in [0.3, 0.4) is 0 Å². The molecule has 0 spiro atoms. The second-order valence-electron chi connectivity index (χ2n) is 8.05. The summed E-state index contributed by atoms with van der Waals surface area (Å²) in [4.78, 5) is 19.3. The summed E-state index contributed by atoms with van der Waals surface area (Å²) in [7, 11) is 0. The van der Waals surface area contributed by atoms with Gasteiger partial charge in [-0.25, -0.2) is 4.39 Å². The van der Waals surface area contributed by atoms with E-state index in [1.165, 1.54) is 0 Å². The van der Waals surface area contributed by atoms with E-state index in [-0.39, 0.29) is 11.9 Å². The second-order valence-corrected chi connectivity index (χ2v) is 8.05. The molecule has 0 aliphatic carbocycles. The zero-order valence-electron chi connectivity index (χ0n) is 18.4. The summed E-state index contributed by atoms with van der Waals surface area (Å²) >= 11 is 0. The molecule has 10 nitrogen and oxygen atoms in total. The number of rotatable bonds is 7. The Morgan fingerprint density at radius 3 is 2.74 bits per heavy atom. The van der Waals surface area contributed by atoms with Gasteiger partial charge in [0.15, 0.2) is 11.5 Å². The third-order valence-electron chi connectivity index (χ3n) is 5.61. The Bertz CT molecular complexity index is 1170. The molecule has 3 heterocycles. The third kappa shape index (κ3) is 4.88. The molecule has 1 aromatic heterocycles. The molecule has 178 valence electrons. The minimum absolute atomic E-state index is 0.0363. The minimum atomic E-state index is -0.733. The van der Waals surface area contributed by atoms with E-state index in [1.807, 2.05) is 0 Å². The highest BCUT2D eigenvalue weighted by Gasteiger charge is 2.22. The second kappa shape index (κ2) is 9.56. The van der Waals surface area contributed by atoms with Gasteiger partial charge in [-0.05, 0) is 48.9 Å². The number of alkyl halides is 1. The molecule has 3 N–H and O–H groups in total. The van der Waals surface area contributed by atoms with E-state index >= 15 is 0 Å². The first-order valence-corrected chi connectivity index (χ1v) is 11.1. The van der Waals surface area contributed by atoms with Gasteiger partial charge in [0, 0.05) is 30.9 Å². The van der Waals surface area contributed by atoms with E-state index in [0.717, 1.165) is 11.2 Å². The van der Waals surface area contributed by atoms with Crippen LogP contribution in [0.15, 0.2) is 42.5 Å². The van der Waals surface area contributed by atoms with Crippen molar-refractivity contribution in [3.05, 3.63) is 48.0 Å². The fraction of sp³-hybridized carbons (Fsp3) is 0.348. The standard InChI is InChI=1S/C23H25FN6O4/c24-16-7-8-29(14-16)9-10-32-18-4-2-17(3-5-18)26-23-27-22(25)28-30(23)21(31)15-1-6-19-20(13-15)34-12-11-33-19/h1-6,13,16H,7-12,14H2,(H3,25,26,27,28). The number of likely N-dealkylation sites (tertiary alicyclic amines) is 1. The van der Waals surface area contributed by atoms with Gasteiger partial charge in [-0.1, -0.05) is 0 Å². The molecule has 1 fully saturated rings. The molecule has 2 aliphatic rings. The molecule has 0 bridgehead atoms. The highest BCUT2D eigenvalue weighted by atomic mass is 19.1. The SMILES string of the molecule is Nc1nc(Nc2ccc(OCCN3CCC(F)C3)cc2)n(C(=O)c2ccc3c(c2)OCCO3)n1. The van der Waals surface area contributed by atoms with E-state index in [2.05, 4.69) is 20.3 Å². The summed E-state index contributed by atoms with van der Waals surface area (Å²) in [5, 5.41) is 7.11. The number of benzene rings is 2. The molecule has 0 radical (unpaired) electrons. The molecule has 34 heavy (non-hydrogen) atoms. The van der Waals surface area contributed by atoms with E-state index in [4.69, 9.17) is 19.9 Å². The molecule has 2 aliphatic heterocycles. The number of carbonyl (C=O) groups excluding carboxylic acids is 1. The Balaban J connectivity index is 1.23. The van der Waals surface area contributed by atoms with Crippen molar-refractivity contribution in [2.24, 2.45) is 0 Å². The predicted molar refractivity (Wildman–Crippen MR) is 123 cm³/mol. The lowest BCUT2D eigenvalue weighted by Crippen LogP contribution is -2.26. The molecule has 1 saturated heterocycles. The zero-order valence-corrected chi connectivity index (χ0v) is 18.4. The first-order chi connectivity index (χ1) is 16.5.